The predicted octanol–water partition coefficient (Wildman–Crippen LogP) is 2.64. The Morgan fingerprint density at radius 1 is 1.41 bits per heavy atom. The number of ketones is 1. The van der Waals surface area contributed by atoms with Crippen molar-refractivity contribution in [2.45, 2.75) is 20.3 Å². The Kier molecular flexibility index (Phi) is 3.38. The number of aromatic nitrogens is 2. The van der Waals surface area contributed by atoms with E-state index in [0.717, 1.165) is 11.3 Å². The zero-order chi connectivity index (χ0) is 12.3. The maximum absolute atomic E-state index is 11.7. The van der Waals surface area contributed by atoms with Crippen molar-refractivity contribution in [3.8, 4) is 5.69 Å². The van der Waals surface area contributed by atoms with E-state index in [4.69, 9.17) is 0 Å². The summed E-state index contributed by atoms with van der Waals surface area (Å²) in [5.74, 6) is 0.361. The lowest BCUT2D eigenvalue weighted by atomic mass is 10.0. The number of hydrogen-bond donors (Lipinski definition) is 0. The molecular formula is C14H16N2O. The molecule has 0 radical (unpaired) electrons. The summed E-state index contributed by atoms with van der Waals surface area (Å²) in [6.45, 7) is 3.87. The Balaban J connectivity index is 2.20. The number of benzene rings is 1. The van der Waals surface area contributed by atoms with Gasteiger partial charge in [-0.15, -0.1) is 0 Å². The molecule has 17 heavy (non-hydrogen) atoms. The van der Waals surface area contributed by atoms with Crippen LogP contribution in [0.25, 0.3) is 5.69 Å². The molecule has 0 N–H and O–H groups in total. The lowest BCUT2D eigenvalue weighted by Gasteiger charge is -2.07. The van der Waals surface area contributed by atoms with Crippen LogP contribution >= 0.6 is 0 Å². The molecule has 0 saturated carbocycles. The van der Waals surface area contributed by atoms with Crippen LogP contribution < -0.4 is 0 Å². The molecule has 0 spiro atoms. The molecule has 2 aromatic rings. The molecule has 3 nitrogen and oxygen atoms in total. The maximum Gasteiger partial charge on any atom is 0.139 e. The number of rotatable bonds is 4. The molecule has 0 unspecified atom stereocenters. The topological polar surface area (TPSA) is 34.9 Å². The van der Waals surface area contributed by atoms with E-state index in [1.54, 1.807) is 12.5 Å². The molecule has 0 fully saturated rings. The van der Waals surface area contributed by atoms with Crippen LogP contribution in [-0.2, 0) is 11.2 Å². The Morgan fingerprint density at radius 3 is 2.88 bits per heavy atom. The lowest BCUT2D eigenvalue weighted by Crippen LogP contribution is -2.10. The highest BCUT2D eigenvalue weighted by Crippen LogP contribution is 2.12. The second-order valence-electron chi connectivity index (χ2n) is 4.44. The van der Waals surface area contributed by atoms with Gasteiger partial charge in [0.05, 0.1) is 6.33 Å². The second kappa shape index (κ2) is 4.95. The van der Waals surface area contributed by atoms with Crippen LogP contribution in [0, 0.1) is 5.92 Å². The quantitative estimate of drug-likeness (QED) is 0.806. The fourth-order valence-electron chi connectivity index (χ4n) is 1.64. The van der Waals surface area contributed by atoms with Gasteiger partial charge in [0.15, 0.2) is 0 Å². The first kappa shape index (κ1) is 11.6. The van der Waals surface area contributed by atoms with Crippen LogP contribution in [0.2, 0.25) is 0 Å². The predicted molar refractivity (Wildman–Crippen MR) is 67.1 cm³/mol. The Labute approximate surface area is 101 Å². The lowest BCUT2D eigenvalue weighted by molar-refractivity contribution is -0.121. The molecule has 1 heterocycles. The van der Waals surface area contributed by atoms with E-state index in [1.807, 2.05) is 48.9 Å². The van der Waals surface area contributed by atoms with Crippen LogP contribution in [-0.4, -0.2) is 15.3 Å². The number of imidazole rings is 1. The molecular weight excluding hydrogens is 212 g/mol. The van der Waals surface area contributed by atoms with Gasteiger partial charge in [0.2, 0.25) is 0 Å². The molecule has 0 aliphatic carbocycles. The van der Waals surface area contributed by atoms with Crippen molar-refractivity contribution in [3.63, 3.8) is 0 Å². The van der Waals surface area contributed by atoms with Crippen LogP contribution in [0.5, 0.6) is 0 Å². The first-order valence-corrected chi connectivity index (χ1v) is 5.77. The summed E-state index contributed by atoms with van der Waals surface area (Å²) in [4.78, 5) is 15.7. The third-order valence-corrected chi connectivity index (χ3v) is 2.74. The van der Waals surface area contributed by atoms with Gasteiger partial charge in [0, 0.05) is 30.4 Å². The molecule has 2 rings (SSSR count). The number of nitrogens with zero attached hydrogens (tertiary/aromatic N) is 2. The summed E-state index contributed by atoms with van der Waals surface area (Å²) in [5, 5.41) is 0. The summed E-state index contributed by atoms with van der Waals surface area (Å²) in [6, 6.07) is 7.99. The first-order valence-electron chi connectivity index (χ1n) is 5.77. The summed E-state index contributed by atoms with van der Waals surface area (Å²) < 4.78 is 1.93. The molecule has 1 aromatic heterocycles. The normalized spacial score (nSPS) is 10.8. The summed E-state index contributed by atoms with van der Waals surface area (Å²) in [7, 11) is 0. The SMILES string of the molecule is CC(C)C(=O)Cc1cccc(-n2ccnc2)c1. The molecule has 1 aromatic carbocycles. The zero-order valence-electron chi connectivity index (χ0n) is 10.1. The summed E-state index contributed by atoms with van der Waals surface area (Å²) in [6.07, 6.45) is 5.89. The molecule has 3 heteroatoms. The van der Waals surface area contributed by atoms with Crippen molar-refractivity contribution in [3.05, 3.63) is 48.5 Å². The molecule has 88 valence electrons. The number of carbonyl (C=O) groups is 1. The van der Waals surface area contributed by atoms with Crippen molar-refractivity contribution in [1.82, 2.24) is 9.55 Å². The van der Waals surface area contributed by atoms with Gasteiger partial charge >= 0.3 is 0 Å². The molecule has 0 aliphatic heterocycles. The van der Waals surface area contributed by atoms with Crippen molar-refractivity contribution < 1.29 is 4.79 Å². The highest BCUT2D eigenvalue weighted by Gasteiger charge is 2.08. The highest BCUT2D eigenvalue weighted by molar-refractivity contribution is 5.82. The van der Waals surface area contributed by atoms with Gasteiger partial charge in [-0.25, -0.2) is 4.98 Å². The Morgan fingerprint density at radius 2 is 2.24 bits per heavy atom. The summed E-state index contributed by atoms with van der Waals surface area (Å²) >= 11 is 0. The van der Waals surface area contributed by atoms with Gasteiger partial charge in [0.1, 0.15) is 5.78 Å². The van der Waals surface area contributed by atoms with Crippen LogP contribution in [0.15, 0.2) is 43.0 Å². The van der Waals surface area contributed by atoms with Crippen LogP contribution in [0.1, 0.15) is 19.4 Å². The maximum atomic E-state index is 11.7. The van der Waals surface area contributed by atoms with Crippen LogP contribution in [0.4, 0.5) is 0 Å². The van der Waals surface area contributed by atoms with E-state index in [-0.39, 0.29) is 11.7 Å². The molecule has 0 saturated heterocycles. The van der Waals surface area contributed by atoms with Crippen LogP contribution in [0.3, 0.4) is 0 Å². The Hall–Kier alpha value is -1.90. The van der Waals surface area contributed by atoms with E-state index in [1.165, 1.54) is 0 Å². The number of carbonyl (C=O) groups excluding carboxylic acids is 1. The van der Waals surface area contributed by atoms with Crippen molar-refractivity contribution in [2.24, 2.45) is 5.92 Å². The van der Waals surface area contributed by atoms with E-state index in [2.05, 4.69) is 4.98 Å². The van der Waals surface area contributed by atoms with Gasteiger partial charge in [-0.3, -0.25) is 4.79 Å². The minimum absolute atomic E-state index is 0.0897. The smallest absolute Gasteiger partial charge is 0.139 e. The molecule has 0 aliphatic rings. The monoisotopic (exact) mass is 228 g/mol. The summed E-state index contributed by atoms with van der Waals surface area (Å²) in [5.41, 5.74) is 2.09. The van der Waals surface area contributed by atoms with E-state index < -0.39 is 0 Å². The molecule has 0 bridgehead atoms. The Bertz CT molecular complexity index is 501. The minimum Gasteiger partial charge on any atom is -0.306 e. The first-order chi connectivity index (χ1) is 8.16. The average Bonchev–Trinajstić information content (AvgIpc) is 2.82. The second-order valence-corrected chi connectivity index (χ2v) is 4.44. The largest absolute Gasteiger partial charge is 0.306 e. The fraction of sp³-hybridized carbons (Fsp3) is 0.286. The van der Waals surface area contributed by atoms with Crippen molar-refractivity contribution in [2.75, 3.05) is 0 Å². The third-order valence-electron chi connectivity index (χ3n) is 2.74. The van der Waals surface area contributed by atoms with Gasteiger partial charge < -0.3 is 4.57 Å². The average molecular weight is 228 g/mol. The van der Waals surface area contributed by atoms with Crippen molar-refractivity contribution in [1.29, 1.82) is 0 Å². The number of Topliss-reactive ketones (excluding diaryl/α,β-unsaturated/α-hetero) is 1. The standard InChI is InChI=1S/C14H16N2O/c1-11(2)14(17)9-12-4-3-5-13(8-12)16-7-6-15-10-16/h3-8,10-11H,9H2,1-2H3. The minimum atomic E-state index is 0.0897. The molecule has 0 atom stereocenters. The van der Waals surface area contributed by atoms with Gasteiger partial charge in [-0.1, -0.05) is 26.0 Å². The van der Waals surface area contributed by atoms with Gasteiger partial charge in [0.25, 0.3) is 0 Å². The van der Waals surface area contributed by atoms with E-state index in [9.17, 15) is 4.79 Å². The van der Waals surface area contributed by atoms with E-state index in [0.29, 0.717) is 6.42 Å². The van der Waals surface area contributed by atoms with Gasteiger partial charge in [-0.2, -0.15) is 0 Å². The third kappa shape index (κ3) is 2.81. The van der Waals surface area contributed by atoms with Gasteiger partial charge in [-0.05, 0) is 17.7 Å². The van der Waals surface area contributed by atoms with E-state index >= 15 is 0 Å². The fourth-order valence-corrected chi connectivity index (χ4v) is 1.64. The zero-order valence-corrected chi connectivity index (χ0v) is 10.1. The number of hydrogen-bond acceptors (Lipinski definition) is 2. The molecule has 0 amide bonds. The highest BCUT2D eigenvalue weighted by atomic mass is 16.1. The van der Waals surface area contributed by atoms with Crippen molar-refractivity contribution >= 4 is 5.78 Å².